The molecule has 4 N–H and O–H groups in total. The zero-order valence-electron chi connectivity index (χ0n) is 9.83. The van der Waals surface area contributed by atoms with Gasteiger partial charge in [-0.3, -0.25) is 4.99 Å². The molecule has 0 atom stereocenters. The molecule has 5 heteroatoms. The lowest BCUT2D eigenvalue weighted by molar-refractivity contribution is -0.0565. The summed E-state index contributed by atoms with van der Waals surface area (Å²) in [5.74, 6) is 0.350. The third-order valence-electron chi connectivity index (χ3n) is 2.54. The van der Waals surface area contributed by atoms with Crippen molar-refractivity contribution in [3.05, 3.63) is 12.2 Å². The second kappa shape index (κ2) is 5.86. The van der Waals surface area contributed by atoms with Crippen molar-refractivity contribution in [3.63, 3.8) is 0 Å². The summed E-state index contributed by atoms with van der Waals surface area (Å²) in [5.41, 5.74) is 5.89. The molecule has 0 aromatic rings. The third kappa shape index (κ3) is 4.63. The SMILES string of the molecule is C=C(C)CNC(N)=NCC1(O)CCOCC1. The van der Waals surface area contributed by atoms with Gasteiger partial charge in [-0.25, -0.2) is 0 Å². The Morgan fingerprint density at radius 2 is 2.19 bits per heavy atom. The number of nitrogens with two attached hydrogens (primary N) is 1. The molecule has 0 unspecified atom stereocenters. The summed E-state index contributed by atoms with van der Waals surface area (Å²) in [5, 5.41) is 13.0. The van der Waals surface area contributed by atoms with Crippen LogP contribution in [0.5, 0.6) is 0 Å². The quantitative estimate of drug-likeness (QED) is 0.359. The number of aliphatic imine (C=N–C) groups is 1. The predicted molar refractivity (Wildman–Crippen MR) is 64.3 cm³/mol. The molecular formula is C11H21N3O2. The Morgan fingerprint density at radius 1 is 1.56 bits per heavy atom. The second-order valence-electron chi connectivity index (χ2n) is 4.35. The lowest BCUT2D eigenvalue weighted by atomic mass is 9.95. The van der Waals surface area contributed by atoms with E-state index in [1.54, 1.807) is 0 Å². The summed E-state index contributed by atoms with van der Waals surface area (Å²) in [6.45, 7) is 7.77. The normalized spacial score (nSPS) is 20.5. The van der Waals surface area contributed by atoms with Crippen molar-refractivity contribution in [3.8, 4) is 0 Å². The molecule has 0 radical (unpaired) electrons. The molecule has 16 heavy (non-hydrogen) atoms. The summed E-state index contributed by atoms with van der Waals surface area (Å²) in [7, 11) is 0. The van der Waals surface area contributed by atoms with Crippen LogP contribution in [-0.2, 0) is 4.74 Å². The minimum atomic E-state index is -0.756. The summed E-state index contributed by atoms with van der Waals surface area (Å²) >= 11 is 0. The van der Waals surface area contributed by atoms with E-state index >= 15 is 0 Å². The van der Waals surface area contributed by atoms with Gasteiger partial charge < -0.3 is 20.9 Å². The third-order valence-corrected chi connectivity index (χ3v) is 2.54. The van der Waals surface area contributed by atoms with E-state index in [9.17, 15) is 5.11 Å². The highest BCUT2D eigenvalue weighted by molar-refractivity contribution is 5.78. The van der Waals surface area contributed by atoms with Crippen LogP contribution in [0.1, 0.15) is 19.8 Å². The molecule has 0 bridgehead atoms. The maximum absolute atomic E-state index is 10.1. The molecular weight excluding hydrogens is 206 g/mol. The second-order valence-corrected chi connectivity index (χ2v) is 4.35. The van der Waals surface area contributed by atoms with Gasteiger partial charge in [-0.15, -0.1) is 0 Å². The molecule has 1 fully saturated rings. The average Bonchev–Trinajstić information content (AvgIpc) is 2.25. The van der Waals surface area contributed by atoms with Crippen LogP contribution in [0.15, 0.2) is 17.1 Å². The van der Waals surface area contributed by atoms with Gasteiger partial charge in [0, 0.05) is 32.6 Å². The average molecular weight is 227 g/mol. The van der Waals surface area contributed by atoms with Crippen molar-refractivity contribution in [2.45, 2.75) is 25.4 Å². The lowest BCUT2D eigenvalue weighted by Gasteiger charge is -2.30. The van der Waals surface area contributed by atoms with Crippen molar-refractivity contribution in [1.82, 2.24) is 5.32 Å². The number of nitrogens with zero attached hydrogens (tertiary/aromatic N) is 1. The Kier molecular flexibility index (Phi) is 4.76. The Hall–Kier alpha value is -1.07. The highest BCUT2D eigenvalue weighted by Gasteiger charge is 2.29. The fraction of sp³-hybridized carbons (Fsp3) is 0.727. The van der Waals surface area contributed by atoms with Crippen LogP contribution in [0.25, 0.3) is 0 Å². The Morgan fingerprint density at radius 3 is 2.75 bits per heavy atom. The zero-order valence-corrected chi connectivity index (χ0v) is 9.83. The van der Waals surface area contributed by atoms with Crippen LogP contribution in [0.2, 0.25) is 0 Å². The van der Waals surface area contributed by atoms with E-state index in [0.29, 0.717) is 45.1 Å². The van der Waals surface area contributed by atoms with Gasteiger partial charge in [-0.2, -0.15) is 0 Å². The maximum atomic E-state index is 10.1. The number of rotatable bonds is 4. The molecule has 92 valence electrons. The fourth-order valence-electron chi connectivity index (χ4n) is 1.44. The van der Waals surface area contributed by atoms with Gasteiger partial charge in [0.1, 0.15) is 0 Å². The smallest absolute Gasteiger partial charge is 0.188 e. The largest absolute Gasteiger partial charge is 0.388 e. The van der Waals surface area contributed by atoms with E-state index < -0.39 is 5.60 Å². The van der Waals surface area contributed by atoms with Crippen LogP contribution < -0.4 is 11.1 Å². The van der Waals surface area contributed by atoms with Crippen LogP contribution in [0, 0.1) is 0 Å². The standard InChI is InChI=1S/C11H21N3O2/c1-9(2)7-13-10(12)14-8-11(15)3-5-16-6-4-11/h15H,1,3-8H2,2H3,(H3,12,13,14). The van der Waals surface area contributed by atoms with Gasteiger partial charge in [0.15, 0.2) is 5.96 Å². The molecule has 0 saturated carbocycles. The van der Waals surface area contributed by atoms with Gasteiger partial charge >= 0.3 is 0 Å². The van der Waals surface area contributed by atoms with Crippen molar-refractivity contribution in [1.29, 1.82) is 0 Å². The number of hydrogen-bond acceptors (Lipinski definition) is 3. The van der Waals surface area contributed by atoms with Gasteiger partial charge in [-0.05, 0) is 6.92 Å². The highest BCUT2D eigenvalue weighted by Crippen LogP contribution is 2.20. The van der Waals surface area contributed by atoms with Gasteiger partial charge in [0.05, 0.1) is 12.1 Å². The first-order valence-corrected chi connectivity index (χ1v) is 5.50. The topological polar surface area (TPSA) is 79.9 Å². The lowest BCUT2D eigenvalue weighted by Crippen LogP contribution is -2.41. The van der Waals surface area contributed by atoms with Crippen LogP contribution in [0.3, 0.4) is 0 Å². The zero-order chi connectivity index (χ0) is 12.0. The molecule has 1 rings (SSSR count). The van der Waals surface area contributed by atoms with Crippen molar-refractivity contribution < 1.29 is 9.84 Å². The van der Waals surface area contributed by atoms with Gasteiger partial charge in [-0.1, -0.05) is 12.2 Å². The van der Waals surface area contributed by atoms with E-state index in [0.717, 1.165) is 5.57 Å². The number of nitrogens with one attached hydrogen (secondary N) is 1. The Balaban J connectivity index is 2.35. The van der Waals surface area contributed by atoms with E-state index in [4.69, 9.17) is 10.5 Å². The molecule has 0 spiro atoms. The molecule has 1 saturated heterocycles. The van der Waals surface area contributed by atoms with Gasteiger partial charge in [0.2, 0.25) is 0 Å². The monoisotopic (exact) mass is 227 g/mol. The molecule has 0 aliphatic carbocycles. The Labute approximate surface area is 96.4 Å². The summed E-state index contributed by atoms with van der Waals surface area (Å²) < 4.78 is 5.18. The molecule has 0 aromatic carbocycles. The minimum absolute atomic E-state index is 0.325. The predicted octanol–water partition coefficient (Wildman–Crippen LogP) is 0.00830. The van der Waals surface area contributed by atoms with Crippen LogP contribution in [0.4, 0.5) is 0 Å². The number of aliphatic hydroxyl groups is 1. The van der Waals surface area contributed by atoms with E-state index in [2.05, 4.69) is 16.9 Å². The molecule has 1 heterocycles. The molecule has 1 aliphatic heterocycles. The van der Waals surface area contributed by atoms with E-state index in [1.807, 2.05) is 6.92 Å². The fourth-order valence-corrected chi connectivity index (χ4v) is 1.44. The maximum Gasteiger partial charge on any atom is 0.188 e. The van der Waals surface area contributed by atoms with E-state index in [1.165, 1.54) is 0 Å². The Bertz CT molecular complexity index is 270. The van der Waals surface area contributed by atoms with Crippen molar-refractivity contribution in [2.24, 2.45) is 10.7 Å². The van der Waals surface area contributed by atoms with Gasteiger partial charge in [0.25, 0.3) is 0 Å². The van der Waals surface area contributed by atoms with E-state index in [-0.39, 0.29) is 0 Å². The summed E-state index contributed by atoms with van der Waals surface area (Å²) in [4.78, 5) is 4.13. The molecule has 0 aromatic heterocycles. The van der Waals surface area contributed by atoms with Crippen LogP contribution in [-0.4, -0.2) is 43.0 Å². The van der Waals surface area contributed by atoms with Crippen molar-refractivity contribution >= 4 is 5.96 Å². The number of hydrogen-bond donors (Lipinski definition) is 3. The molecule has 5 nitrogen and oxygen atoms in total. The summed E-state index contributed by atoms with van der Waals surface area (Å²) in [6, 6.07) is 0. The first kappa shape index (κ1) is 13.0. The highest BCUT2D eigenvalue weighted by atomic mass is 16.5. The molecule has 0 amide bonds. The van der Waals surface area contributed by atoms with Crippen LogP contribution >= 0.6 is 0 Å². The van der Waals surface area contributed by atoms with Crippen molar-refractivity contribution in [2.75, 3.05) is 26.3 Å². The molecule has 1 aliphatic rings. The first-order chi connectivity index (χ1) is 7.52. The first-order valence-electron chi connectivity index (χ1n) is 5.50. The number of ether oxygens (including phenoxy) is 1. The number of guanidine groups is 1. The summed E-state index contributed by atoms with van der Waals surface area (Å²) in [6.07, 6.45) is 1.23. The minimum Gasteiger partial charge on any atom is -0.388 e.